The minimum Gasteiger partial charge on any atom is -0.440 e. The first-order chi connectivity index (χ1) is 14.8. The molecule has 146 valence electrons. The van der Waals surface area contributed by atoms with Gasteiger partial charge in [-0.25, -0.2) is 9.97 Å². The Kier molecular flexibility index (Phi) is 4.69. The van der Waals surface area contributed by atoms with Crippen LogP contribution in [0.3, 0.4) is 0 Å². The third-order valence-corrected chi connectivity index (χ3v) is 4.99. The van der Waals surface area contributed by atoms with Crippen LogP contribution < -0.4 is 5.56 Å². The van der Waals surface area contributed by atoms with Gasteiger partial charge in [-0.2, -0.15) is 0 Å². The predicted octanol–water partition coefficient (Wildman–Crippen LogP) is 5.03. The number of fused-ring (bicyclic) bond motifs is 1. The second-order valence-corrected chi connectivity index (χ2v) is 7.05. The van der Waals surface area contributed by atoms with Crippen LogP contribution >= 0.6 is 0 Å². The number of aromatic amines is 1. The summed E-state index contributed by atoms with van der Waals surface area (Å²) in [5.74, 6) is 1.99. The van der Waals surface area contributed by atoms with Gasteiger partial charge in [0.05, 0.1) is 10.9 Å². The molecule has 0 saturated heterocycles. The number of hydrogen-bond acceptors (Lipinski definition) is 4. The molecule has 5 rings (SSSR count). The monoisotopic (exact) mass is 393 g/mol. The Hall–Kier alpha value is -3.99. The van der Waals surface area contributed by atoms with Crippen LogP contribution in [0, 0.1) is 0 Å². The van der Waals surface area contributed by atoms with Gasteiger partial charge >= 0.3 is 0 Å². The summed E-state index contributed by atoms with van der Waals surface area (Å²) in [4.78, 5) is 24.5. The highest BCUT2D eigenvalue weighted by atomic mass is 16.4. The zero-order chi connectivity index (χ0) is 20.3. The summed E-state index contributed by atoms with van der Waals surface area (Å²) < 4.78 is 6.16. The van der Waals surface area contributed by atoms with E-state index in [1.165, 1.54) is 0 Å². The number of para-hydroxylation sites is 1. The first-order valence-electron chi connectivity index (χ1n) is 9.86. The Morgan fingerprint density at radius 1 is 0.733 bits per heavy atom. The van der Waals surface area contributed by atoms with E-state index in [9.17, 15) is 4.79 Å². The van der Waals surface area contributed by atoms with Gasteiger partial charge in [-0.05, 0) is 12.1 Å². The first kappa shape index (κ1) is 18.1. The molecule has 0 saturated carbocycles. The molecule has 5 heteroatoms. The molecule has 0 radical (unpaired) electrons. The van der Waals surface area contributed by atoms with Gasteiger partial charge in [0.2, 0.25) is 0 Å². The minimum atomic E-state index is -0.127. The summed E-state index contributed by atoms with van der Waals surface area (Å²) in [6.45, 7) is 0. The van der Waals surface area contributed by atoms with Gasteiger partial charge in [0.1, 0.15) is 11.5 Å². The lowest BCUT2D eigenvalue weighted by atomic mass is 10.1. The second kappa shape index (κ2) is 7.79. The largest absolute Gasteiger partial charge is 0.440 e. The minimum absolute atomic E-state index is 0.127. The molecule has 5 aromatic rings. The van der Waals surface area contributed by atoms with E-state index in [-0.39, 0.29) is 5.56 Å². The van der Waals surface area contributed by atoms with Gasteiger partial charge in [0.25, 0.3) is 5.56 Å². The third-order valence-electron chi connectivity index (χ3n) is 4.99. The summed E-state index contributed by atoms with van der Waals surface area (Å²) in [7, 11) is 0. The zero-order valence-corrected chi connectivity index (χ0v) is 16.2. The Labute approximate surface area is 173 Å². The molecular weight excluding hydrogens is 374 g/mol. The van der Waals surface area contributed by atoms with E-state index in [1.807, 2.05) is 78.9 Å². The molecule has 30 heavy (non-hydrogen) atoms. The van der Waals surface area contributed by atoms with Crippen LogP contribution in [0.5, 0.6) is 0 Å². The zero-order valence-electron chi connectivity index (χ0n) is 16.2. The Bertz CT molecular complexity index is 1300. The molecule has 0 aliphatic carbocycles. The van der Waals surface area contributed by atoms with Crippen molar-refractivity contribution in [1.82, 2.24) is 15.0 Å². The summed E-state index contributed by atoms with van der Waals surface area (Å²) in [6, 6.07) is 27.3. The second-order valence-electron chi connectivity index (χ2n) is 7.05. The fourth-order valence-corrected chi connectivity index (χ4v) is 3.53. The van der Waals surface area contributed by atoms with Crippen LogP contribution in [-0.4, -0.2) is 15.0 Å². The van der Waals surface area contributed by atoms with Crippen molar-refractivity contribution in [1.29, 1.82) is 0 Å². The number of nitrogens with one attached hydrogen (secondary N) is 1. The van der Waals surface area contributed by atoms with E-state index >= 15 is 0 Å². The highest BCUT2D eigenvalue weighted by Crippen LogP contribution is 2.32. The lowest BCUT2D eigenvalue weighted by Crippen LogP contribution is -2.12. The fourth-order valence-electron chi connectivity index (χ4n) is 3.53. The van der Waals surface area contributed by atoms with Crippen LogP contribution in [0.4, 0.5) is 0 Å². The average molecular weight is 393 g/mol. The number of rotatable bonds is 5. The SMILES string of the molecule is O=c1[nH]c(CCc2nc(-c3ccccc3)c(-c3ccccc3)o2)nc2ccccc12. The first-order valence-corrected chi connectivity index (χ1v) is 9.86. The van der Waals surface area contributed by atoms with E-state index < -0.39 is 0 Å². The van der Waals surface area contributed by atoms with Crippen LogP contribution in [0.25, 0.3) is 33.5 Å². The Balaban J connectivity index is 1.48. The molecule has 3 aromatic carbocycles. The van der Waals surface area contributed by atoms with Crippen LogP contribution in [0.2, 0.25) is 0 Å². The van der Waals surface area contributed by atoms with E-state index in [0.29, 0.717) is 35.5 Å². The molecule has 1 N–H and O–H groups in total. The number of benzene rings is 3. The molecule has 0 aliphatic heterocycles. The summed E-state index contributed by atoms with van der Waals surface area (Å²) >= 11 is 0. The quantitative estimate of drug-likeness (QED) is 0.455. The van der Waals surface area contributed by atoms with Crippen molar-refractivity contribution in [2.24, 2.45) is 0 Å². The smallest absolute Gasteiger partial charge is 0.258 e. The van der Waals surface area contributed by atoms with E-state index in [0.717, 1.165) is 22.6 Å². The standard InChI is InChI=1S/C25H19N3O2/c29-25-19-13-7-8-14-20(19)26-21(27-25)15-16-22-28-23(17-9-3-1-4-10-17)24(30-22)18-11-5-2-6-12-18/h1-14H,15-16H2,(H,26,27,29). The van der Waals surface area contributed by atoms with Crippen LogP contribution in [0.1, 0.15) is 11.7 Å². The summed E-state index contributed by atoms with van der Waals surface area (Å²) in [5.41, 5.74) is 3.37. The van der Waals surface area contributed by atoms with Crippen molar-refractivity contribution in [2.45, 2.75) is 12.8 Å². The van der Waals surface area contributed by atoms with Gasteiger partial charge < -0.3 is 9.40 Å². The van der Waals surface area contributed by atoms with E-state index in [4.69, 9.17) is 9.40 Å². The molecular formula is C25H19N3O2. The van der Waals surface area contributed by atoms with Crippen molar-refractivity contribution >= 4 is 10.9 Å². The van der Waals surface area contributed by atoms with E-state index in [1.54, 1.807) is 6.07 Å². The highest BCUT2D eigenvalue weighted by molar-refractivity contribution is 5.77. The van der Waals surface area contributed by atoms with Crippen molar-refractivity contribution in [3.63, 3.8) is 0 Å². The predicted molar refractivity (Wildman–Crippen MR) is 117 cm³/mol. The van der Waals surface area contributed by atoms with E-state index in [2.05, 4.69) is 9.97 Å². The van der Waals surface area contributed by atoms with Crippen LogP contribution in [-0.2, 0) is 12.8 Å². The third kappa shape index (κ3) is 3.53. The van der Waals surface area contributed by atoms with Gasteiger partial charge in [0.15, 0.2) is 11.7 Å². The topological polar surface area (TPSA) is 71.8 Å². The van der Waals surface area contributed by atoms with Gasteiger partial charge in [0, 0.05) is 24.0 Å². The summed E-state index contributed by atoms with van der Waals surface area (Å²) in [6.07, 6.45) is 1.07. The molecule has 0 spiro atoms. The van der Waals surface area contributed by atoms with Gasteiger partial charge in [-0.3, -0.25) is 4.79 Å². The number of oxazole rings is 1. The molecule has 2 heterocycles. The van der Waals surface area contributed by atoms with Crippen LogP contribution in [0.15, 0.2) is 94.1 Å². The molecule has 0 unspecified atom stereocenters. The van der Waals surface area contributed by atoms with Crippen molar-refractivity contribution in [3.05, 3.63) is 107 Å². The van der Waals surface area contributed by atoms with Crippen molar-refractivity contribution in [3.8, 4) is 22.6 Å². The number of nitrogens with zero attached hydrogens (tertiary/aromatic N) is 2. The maximum atomic E-state index is 12.3. The number of aryl methyl sites for hydroxylation is 2. The number of aromatic nitrogens is 3. The molecule has 2 aromatic heterocycles. The lowest BCUT2D eigenvalue weighted by molar-refractivity contribution is 0.503. The van der Waals surface area contributed by atoms with Gasteiger partial charge in [-0.1, -0.05) is 72.8 Å². The Morgan fingerprint density at radius 3 is 2.17 bits per heavy atom. The molecule has 0 bridgehead atoms. The van der Waals surface area contributed by atoms with Crippen molar-refractivity contribution < 1.29 is 4.42 Å². The molecule has 5 nitrogen and oxygen atoms in total. The number of hydrogen-bond donors (Lipinski definition) is 1. The summed E-state index contributed by atoms with van der Waals surface area (Å²) in [5, 5.41) is 0.593. The van der Waals surface area contributed by atoms with Crippen molar-refractivity contribution in [2.75, 3.05) is 0 Å². The highest BCUT2D eigenvalue weighted by Gasteiger charge is 2.17. The Morgan fingerprint density at radius 2 is 1.40 bits per heavy atom. The maximum absolute atomic E-state index is 12.3. The maximum Gasteiger partial charge on any atom is 0.258 e. The normalized spacial score (nSPS) is 11.1. The number of H-pyrrole nitrogens is 1. The fraction of sp³-hybridized carbons (Fsp3) is 0.0800. The molecule has 0 amide bonds. The lowest BCUT2D eigenvalue weighted by Gasteiger charge is -2.01. The molecule has 0 fully saturated rings. The molecule has 0 aliphatic rings. The average Bonchev–Trinajstić information content (AvgIpc) is 3.23. The molecule has 0 atom stereocenters. The van der Waals surface area contributed by atoms with Gasteiger partial charge in [-0.15, -0.1) is 0 Å².